The van der Waals surface area contributed by atoms with Crippen LogP contribution in [0.4, 0.5) is 4.79 Å². The number of likely N-dealkylation sites (tertiary alicyclic amines) is 2. The second-order valence-electron chi connectivity index (χ2n) is 10.4. The smallest absolute Gasteiger partial charge is 0.410 e. The van der Waals surface area contributed by atoms with Gasteiger partial charge in [-0.2, -0.15) is 0 Å². The Labute approximate surface area is 169 Å². The Balaban J connectivity index is 1.35. The largest absolute Gasteiger partial charge is 0.444 e. The van der Waals surface area contributed by atoms with Crippen molar-refractivity contribution < 1.29 is 9.53 Å². The molecule has 5 nitrogen and oxygen atoms in total. The summed E-state index contributed by atoms with van der Waals surface area (Å²) < 4.78 is 5.50. The molecule has 0 bridgehead atoms. The maximum absolute atomic E-state index is 12.2. The molecule has 1 aromatic rings. The number of ether oxygens (including phenoxy) is 1. The molecule has 1 spiro atoms. The van der Waals surface area contributed by atoms with Gasteiger partial charge in [-0.15, -0.1) is 0 Å². The fourth-order valence-electron chi connectivity index (χ4n) is 4.64. The van der Waals surface area contributed by atoms with Crippen LogP contribution in [0.3, 0.4) is 0 Å². The lowest BCUT2D eigenvalue weighted by Gasteiger charge is -2.61. The Morgan fingerprint density at radius 2 is 1.71 bits per heavy atom. The van der Waals surface area contributed by atoms with Gasteiger partial charge in [0.25, 0.3) is 0 Å². The van der Waals surface area contributed by atoms with Crippen LogP contribution in [0.5, 0.6) is 0 Å². The molecule has 3 fully saturated rings. The van der Waals surface area contributed by atoms with Crippen molar-refractivity contribution in [2.45, 2.75) is 64.6 Å². The van der Waals surface area contributed by atoms with Crippen LogP contribution in [0.15, 0.2) is 24.3 Å². The van der Waals surface area contributed by atoms with Crippen LogP contribution in [0.2, 0.25) is 0 Å². The van der Waals surface area contributed by atoms with Crippen LogP contribution in [0.25, 0.3) is 0 Å². The summed E-state index contributed by atoms with van der Waals surface area (Å²) in [6.07, 6.45) is 3.83. The van der Waals surface area contributed by atoms with Crippen molar-refractivity contribution in [3.63, 3.8) is 0 Å². The highest BCUT2D eigenvalue weighted by molar-refractivity contribution is 5.69. The van der Waals surface area contributed by atoms with Crippen molar-refractivity contribution in [2.75, 3.05) is 26.2 Å². The van der Waals surface area contributed by atoms with Gasteiger partial charge >= 0.3 is 6.09 Å². The molecule has 1 saturated carbocycles. The number of hydrogen-bond acceptors (Lipinski definition) is 4. The van der Waals surface area contributed by atoms with Gasteiger partial charge in [-0.3, -0.25) is 4.90 Å². The van der Waals surface area contributed by atoms with Crippen molar-refractivity contribution in [3.8, 4) is 0 Å². The Hall–Kier alpha value is -1.59. The molecule has 4 rings (SSSR count). The zero-order valence-corrected chi connectivity index (χ0v) is 17.8. The van der Waals surface area contributed by atoms with E-state index in [-0.39, 0.29) is 17.6 Å². The lowest BCUT2D eigenvalue weighted by molar-refractivity contribution is -0.128. The van der Waals surface area contributed by atoms with E-state index in [0.29, 0.717) is 6.04 Å². The molecule has 1 aliphatic carbocycles. The molecule has 2 atom stereocenters. The predicted molar refractivity (Wildman–Crippen MR) is 111 cm³/mol. The molecule has 2 aliphatic heterocycles. The molecule has 1 unspecified atom stereocenters. The standard InChI is InChI=1S/C23H35N3O2/c1-16(24)18-7-9-19(10-8-18)20(11-17-5-6-17)25-12-23(13-25)14-26(15-23)21(27)28-22(2,3)4/h7-10,16-17,20H,5-6,11-15,24H2,1-4H3/t16-,20?/m0/s1. The van der Waals surface area contributed by atoms with Gasteiger partial charge in [0.2, 0.25) is 0 Å². The monoisotopic (exact) mass is 385 g/mol. The number of benzene rings is 1. The summed E-state index contributed by atoms with van der Waals surface area (Å²) in [7, 11) is 0. The molecular weight excluding hydrogens is 350 g/mol. The number of rotatable bonds is 5. The molecule has 1 aromatic carbocycles. The summed E-state index contributed by atoms with van der Waals surface area (Å²) in [5, 5.41) is 0. The first-order chi connectivity index (χ1) is 13.1. The molecule has 1 amide bonds. The lowest BCUT2D eigenvalue weighted by Crippen LogP contribution is -2.73. The Morgan fingerprint density at radius 1 is 1.14 bits per heavy atom. The van der Waals surface area contributed by atoms with E-state index in [4.69, 9.17) is 10.5 Å². The lowest BCUT2D eigenvalue weighted by atomic mass is 9.71. The van der Waals surface area contributed by atoms with Crippen molar-refractivity contribution in [2.24, 2.45) is 17.1 Å². The van der Waals surface area contributed by atoms with Crippen LogP contribution >= 0.6 is 0 Å². The topological polar surface area (TPSA) is 58.8 Å². The number of carbonyl (C=O) groups excluding carboxylic acids is 1. The van der Waals surface area contributed by atoms with Crippen LogP contribution < -0.4 is 5.73 Å². The molecular formula is C23H35N3O2. The fourth-order valence-corrected chi connectivity index (χ4v) is 4.64. The molecule has 0 radical (unpaired) electrons. The van der Waals surface area contributed by atoms with E-state index < -0.39 is 5.60 Å². The molecule has 5 heteroatoms. The summed E-state index contributed by atoms with van der Waals surface area (Å²) in [5.74, 6) is 0.884. The Morgan fingerprint density at radius 3 is 2.21 bits per heavy atom. The van der Waals surface area contributed by atoms with Gasteiger partial charge in [0.1, 0.15) is 5.60 Å². The molecule has 28 heavy (non-hydrogen) atoms. The summed E-state index contributed by atoms with van der Waals surface area (Å²) in [6, 6.07) is 9.48. The molecule has 0 aromatic heterocycles. The minimum atomic E-state index is -0.423. The van der Waals surface area contributed by atoms with E-state index in [1.165, 1.54) is 30.4 Å². The van der Waals surface area contributed by atoms with Gasteiger partial charge in [-0.05, 0) is 51.2 Å². The third kappa shape index (κ3) is 4.20. The number of hydrogen-bond donors (Lipinski definition) is 1. The second kappa shape index (κ2) is 7.03. The number of amides is 1. The van der Waals surface area contributed by atoms with E-state index in [1.54, 1.807) is 0 Å². The Kier molecular flexibility index (Phi) is 4.95. The normalized spacial score (nSPS) is 23.7. The van der Waals surface area contributed by atoms with E-state index in [9.17, 15) is 4.79 Å². The summed E-state index contributed by atoms with van der Waals surface area (Å²) in [6.45, 7) is 11.6. The first-order valence-corrected chi connectivity index (χ1v) is 10.7. The highest BCUT2D eigenvalue weighted by atomic mass is 16.6. The number of nitrogens with zero attached hydrogens (tertiary/aromatic N) is 2. The third-order valence-electron chi connectivity index (χ3n) is 6.32. The molecule has 3 aliphatic rings. The molecule has 2 saturated heterocycles. The van der Waals surface area contributed by atoms with Gasteiger partial charge in [0.15, 0.2) is 0 Å². The van der Waals surface area contributed by atoms with Crippen molar-refractivity contribution in [1.29, 1.82) is 0 Å². The highest BCUT2D eigenvalue weighted by Crippen LogP contribution is 2.48. The summed E-state index contributed by atoms with van der Waals surface area (Å²) in [4.78, 5) is 16.7. The van der Waals surface area contributed by atoms with Gasteiger partial charge in [0.05, 0.1) is 0 Å². The van der Waals surface area contributed by atoms with Crippen molar-refractivity contribution in [1.82, 2.24) is 9.80 Å². The minimum Gasteiger partial charge on any atom is -0.444 e. The molecule has 154 valence electrons. The first kappa shape index (κ1) is 19.7. The summed E-state index contributed by atoms with van der Waals surface area (Å²) in [5.41, 5.74) is 8.48. The SMILES string of the molecule is C[C@H](N)c1ccc(C(CC2CC2)N2CC3(CN(C(=O)OC(C)(C)C)C3)C2)cc1. The van der Waals surface area contributed by atoms with Crippen LogP contribution in [0, 0.1) is 11.3 Å². The van der Waals surface area contributed by atoms with E-state index >= 15 is 0 Å². The summed E-state index contributed by atoms with van der Waals surface area (Å²) >= 11 is 0. The quantitative estimate of drug-likeness (QED) is 0.829. The number of carbonyl (C=O) groups is 1. The average Bonchev–Trinajstić information content (AvgIpc) is 3.33. The number of nitrogens with two attached hydrogens (primary N) is 1. The van der Waals surface area contributed by atoms with E-state index in [2.05, 4.69) is 29.2 Å². The average molecular weight is 386 g/mol. The first-order valence-electron chi connectivity index (χ1n) is 10.7. The third-order valence-corrected chi connectivity index (χ3v) is 6.32. The molecule has 2 N–H and O–H groups in total. The zero-order chi connectivity index (χ0) is 20.1. The van der Waals surface area contributed by atoms with Crippen molar-refractivity contribution >= 4 is 6.09 Å². The Bertz CT molecular complexity index is 704. The van der Waals surface area contributed by atoms with Gasteiger partial charge in [-0.1, -0.05) is 37.1 Å². The molecule has 2 heterocycles. The van der Waals surface area contributed by atoms with E-state index in [1.807, 2.05) is 32.6 Å². The minimum absolute atomic E-state index is 0.0806. The maximum Gasteiger partial charge on any atom is 0.410 e. The highest BCUT2D eigenvalue weighted by Gasteiger charge is 2.55. The van der Waals surface area contributed by atoms with Gasteiger partial charge in [-0.25, -0.2) is 4.79 Å². The van der Waals surface area contributed by atoms with Crippen molar-refractivity contribution in [3.05, 3.63) is 35.4 Å². The predicted octanol–water partition coefficient (Wildman–Crippen LogP) is 4.10. The van der Waals surface area contributed by atoms with Crippen LogP contribution in [-0.2, 0) is 4.74 Å². The maximum atomic E-state index is 12.2. The van der Waals surface area contributed by atoms with Gasteiger partial charge in [0, 0.05) is 43.7 Å². The van der Waals surface area contributed by atoms with E-state index in [0.717, 1.165) is 32.1 Å². The second-order valence-corrected chi connectivity index (χ2v) is 10.4. The van der Waals surface area contributed by atoms with Gasteiger partial charge < -0.3 is 15.4 Å². The fraction of sp³-hybridized carbons (Fsp3) is 0.696. The zero-order valence-electron chi connectivity index (χ0n) is 17.8. The van der Waals surface area contributed by atoms with Crippen LogP contribution in [-0.4, -0.2) is 47.7 Å². The van der Waals surface area contributed by atoms with Crippen LogP contribution in [0.1, 0.15) is 70.2 Å².